The zero-order chi connectivity index (χ0) is 7.44. The molecule has 0 fully saturated rings. The highest BCUT2D eigenvalue weighted by Crippen LogP contribution is 1.98. The van der Waals surface area contributed by atoms with E-state index in [2.05, 4.69) is 32.7 Å². The largest absolute Gasteiger partial charge is 0.329 e. The molecular formula is C7H18N2. The molecule has 0 amide bonds. The molecule has 9 heavy (non-hydrogen) atoms. The van der Waals surface area contributed by atoms with E-state index in [1.165, 1.54) is 0 Å². The molecule has 1 atom stereocenters. The lowest BCUT2D eigenvalue weighted by Gasteiger charge is -2.26. The molecule has 2 nitrogen and oxygen atoms in total. The van der Waals surface area contributed by atoms with E-state index in [1.54, 1.807) is 0 Å². The third-order valence-corrected chi connectivity index (χ3v) is 1.85. The predicted octanol–water partition coefficient (Wildman–Crippen LogP) is 0.674. The SMILES string of the molecule is CC(C)N(C)C(C)CN. The molecule has 1 unspecified atom stereocenters. The first-order valence-electron chi connectivity index (χ1n) is 3.51. The van der Waals surface area contributed by atoms with E-state index in [1.807, 2.05) is 0 Å². The summed E-state index contributed by atoms with van der Waals surface area (Å²) in [4.78, 5) is 2.26. The second-order valence-electron chi connectivity index (χ2n) is 2.84. The summed E-state index contributed by atoms with van der Waals surface area (Å²) < 4.78 is 0. The first-order valence-corrected chi connectivity index (χ1v) is 3.51. The van der Waals surface area contributed by atoms with E-state index in [9.17, 15) is 0 Å². The van der Waals surface area contributed by atoms with Gasteiger partial charge in [-0.3, -0.25) is 0 Å². The van der Waals surface area contributed by atoms with Crippen LogP contribution in [0.5, 0.6) is 0 Å². The summed E-state index contributed by atoms with van der Waals surface area (Å²) in [6.07, 6.45) is 0. The van der Waals surface area contributed by atoms with Gasteiger partial charge in [-0.25, -0.2) is 0 Å². The Morgan fingerprint density at radius 3 is 1.89 bits per heavy atom. The van der Waals surface area contributed by atoms with Crippen LogP contribution in [0, 0.1) is 0 Å². The zero-order valence-electron chi connectivity index (χ0n) is 6.89. The fraction of sp³-hybridized carbons (Fsp3) is 1.00. The van der Waals surface area contributed by atoms with Gasteiger partial charge in [0.25, 0.3) is 0 Å². The Morgan fingerprint density at radius 1 is 1.33 bits per heavy atom. The number of likely N-dealkylation sites (N-methyl/N-ethyl adjacent to an activating group) is 1. The standard InChI is InChI=1S/C7H18N2/c1-6(2)9(4)7(3)5-8/h6-7H,5,8H2,1-4H3. The van der Waals surface area contributed by atoms with E-state index in [0.717, 1.165) is 6.54 Å². The molecule has 0 aromatic carbocycles. The Morgan fingerprint density at radius 2 is 1.78 bits per heavy atom. The fourth-order valence-corrected chi connectivity index (χ4v) is 0.675. The molecule has 56 valence electrons. The van der Waals surface area contributed by atoms with Crippen molar-refractivity contribution in [1.82, 2.24) is 4.90 Å². The van der Waals surface area contributed by atoms with Crippen LogP contribution in [0.4, 0.5) is 0 Å². The van der Waals surface area contributed by atoms with Crippen molar-refractivity contribution in [3.05, 3.63) is 0 Å². The van der Waals surface area contributed by atoms with E-state index in [-0.39, 0.29) is 0 Å². The van der Waals surface area contributed by atoms with Crippen LogP contribution in [0.2, 0.25) is 0 Å². The first-order chi connectivity index (χ1) is 4.09. The quantitative estimate of drug-likeness (QED) is 0.608. The van der Waals surface area contributed by atoms with Crippen molar-refractivity contribution in [3.63, 3.8) is 0 Å². The van der Waals surface area contributed by atoms with Crippen molar-refractivity contribution in [2.45, 2.75) is 32.9 Å². The molecule has 0 aromatic heterocycles. The van der Waals surface area contributed by atoms with Crippen LogP contribution in [0.1, 0.15) is 20.8 Å². The van der Waals surface area contributed by atoms with Gasteiger partial charge in [0, 0.05) is 18.6 Å². The number of rotatable bonds is 3. The molecule has 0 saturated heterocycles. The van der Waals surface area contributed by atoms with Gasteiger partial charge in [0.05, 0.1) is 0 Å². The summed E-state index contributed by atoms with van der Waals surface area (Å²) in [7, 11) is 2.10. The lowest BCUT2D eigenvalue weighted by atomic mass is 10.2. The smallest absolute Gasteiger partial charge is 0.0189 e. The van der Waals surface area contributed by atoms with Crippen LogP contribution in [0.25, 0.3) is 0 Å². The molecule has 0 heterocycles. The van der Waals surface area contributed by atoms with Crippen LogP contribution in [-0.4, -0.2) is 30.6 Å². The third-order valence-electron chi connectivity index (χ3n) is 1.85. The van der Waals surface area contributed by atoms with Crippen LogP contribution in [0.3, 0.4) is 0 Å². The molecule has 2 heteroatoms. The van der Waals surface area contributed by atoms with Crippen molar-refractivity contribution in [3.8, 4) is 0 Å². The average molecular weight is 130 g/mol. The maximum atomic E-state index is 5.47. The Bertz CT molecular complexity index is 71.3. The van der Waals surface area contributed by atoms with Gasteiger partial charge in [-0.2, -0.15) is 0 Å². The molecule has 0 aliphatic carbocycles. The minimum Gasteiger partial charge on any atom is -0.329 e. The normalized spacial score (nSPS) is 15.0. The highest BCUT2D eigenvalue weighted by molar-refractivity contribution is 4.66. The highest BCUT2D eigenvalue weighted by Gasteiger charge is 2.08. The number of hydrogen-bond donors (Lipinski definition) is 1. The Labute approximate surface area is 58.0 Å². The average Bonchev–Trinajstić information content (AvgIpc) is 1.84. The summed E-state index contributed by atoms with van der Waals surface area (Å²) >= 11 is 0. The topological polar surface area (TPSA) is 29.3 Å². The molecule has 0 radical (unpaired) electrons. The Hall–Kier alpha value is -0.0800. The van der Waals surface area contributed by atoms with Gasteiger partial charge in [0.1, 0.15) is 0 Å². The lowest BCUT2D eigenvalue weighted by molar-refractivity contribution is 0.213. The maximum Gasteiger partial charge on any atom is 0.0189 e. The first kappa shape index (κ1) is 8.92. The molecule has 0 aliphatic heterocycles. The van der Waals surface area contributed by atoms with Gasteiger partial charge in [-0.1, -0.05) is 0 Å². The van der Waals surface area contributed by atoms with E-state index in [4.69, 9.17) is 5.73 Å². The Kier molecular flexibility index (Phi) is 3.82. The van der Waals surface area contributed by atoms with Crippen molar-refractivity contribution < 1.29 is 0 Å². The van der Waals surface area contributed by atoms with Crippen molar-refractivity contribution in [2.24, 2.45) is 5.73 Å². The van der Waals surface area contributed by atoms with E-state index < -0.39 is 0 Å². The lowest BCUT2D eigenvalue weighted by Crippen LogP contribution is -2.39. The second kappa shape index (κ2) is 3.85. The number of nitrogens with two attached hydrogens (primary N) is 1. The van der Waals surface area contributed by atoms with Crippen LogP contribution >= 0.6 is 0 Å². The number of nitrogens with zero attached hydrogens (tertiary/aromatic N) is 1. The third kappa shape index (κ3) is 2.82. The summed E-state index contributed by atoms with van der Waals surface area (Å²) in [5, 5.41) is 0. The molecule has 0 saturated carbocycles. The maximum absolute atomic E-state index is 5.47. The molecule has 0 spiro atoms. The van der Waals surface area contributed by atoms with Crippen LogP contribution < -0.4 is 5.73 Å². The molecule has 0 aromatic rings. The van der Waals surface area contributed by atoms with Crippen molar-refractivity contribution >= 4 is 0 Å². The van der Waals surface area contributed by atoms with Gasteiger partial charge in [0.15, 0.2) is 0 Å². The number of hydrogen-bond acceptors (Lipinski definition) is 2. The summed E-state index contributed by atoms with van der Waals surface area (Å²) in [6.45, 7) is 7.23. The summed E-state index contributed by atoms with van der Waals surface area (Å²) in [6, 6.07) is 1.11. The van der Waals surface area contributed by atoms with Crippen molar-refractivity contribution in [2.75, 3.05) is 13.6 Å². The van der Waals surface area contributed by atoms with Crippen molar-refractivity contribution in [1.29, 1.82) is 0 Å². The van der Waals surface area contributed by atoms with Gasteiger partial charge < -0.3 is 10.6 Å². The minimum atomic E-state index is 0.505. The van der Waals surface area contributed by atoms with Crippen LogP contribution in [-0.2, 0) is 0 Å². The van der Waals surface area contributed by atoms with Gasteiger partial charge in [-0.05, 0) is 27.8 Å². The van der Waals surface area contributed by atoms with Gasteiger partial charge in [0.2, 0.25) is 0 Å². The molecule has 2 N–H and O–H groups in total. The van der Waals surface area contributed by atoms with Gasteiger partial charge >= 0.3 is 0 Å². The zero-order valence-corrected chi connectivity index (χ0v) is 6.89. The molecule has 0 rings (SSSR count). The highest BCUT2D eigenvalue weighted by atomic mass is 15.1. The Balaban J connectivity index is 3.58. The summed E-state index contributed by atoms with van der Waals surface area (Å²) in [5.74, 6) is 0. The van der Waals surface area contributed by atoms with Crippen LogP contribution in [0.15, 0.2) is 0 Å². The predicted molar refractivity (Wildman–Crippen MR) is 41.4 cm³/mol. The summed E-state index contributed by atoms with van der Waals surface area (Å²) in [5.41, 5.74) is 5.47. The second-order valence-corrected chi connectivity index (χ2v) is 2.84. The van der Waals surface area contributed by atoms with E-state index in [0.29, 0.717) is 12.1 Å². The minimum absolute atomic E-state index is 0.505. The fourth-order valence-electron chi connectivity index (χ4n) is 0.675. The molecule has 0 bridgehead atoms. The monoisotopic (exact) mass is 130 g/mol. The van der Waals surface area contributed by atoms with E-state index >= 15 is 0 Å². The molecule has 0 aliphatic rings. The van der Waals surface area contributed by atoms with Gasteiger partial charge in [-0.15, -0.1) is 0 Å². The molecular weight excluding hydrogens is 112 g/mol.